The summed E-state index contributed by atoms with van der Waals surface area (Å²) >= 11 is 11.9. The Balaban J connectivity index is 2.53. The summed E-state index contributed by atoms with van der Waals surface area (Å²) < 4.78 is 4.69. The number of aromatic carboxylic acids is 1. The lowest BCUT2D eigenvalue weighted by Crippen LogP contribution is -2.08. The molecule has 2 aromatic rings. The molecule has 0 aliphatic rings. The molecule has 114 valence electrons. The van der Waals surface area contributed by atoms with Gasteiger partial charge < -0.3 is 15.2 Å². The average molecular weight is 340 g/mol. The molecule has 0 saturated heterocycles. The normalized spacial score (nSPS) is 10.1. The first-order valence-electron chi connectivity index (χ1n) is 6.10. The van der Waals surface area contributed by atoms with Gasteiger partial charge >= 0.3 is 11.9 Å². The van der Waals surface area contributed by atoms with Crippen LogP contribution in [0.2, 0.25) is 10.0 Å². The fourth-order valence-electron chi connectivity index (χ4n) is 1.88. The third kappa shape index (κ3) is 3.32. The molecule has 0 heterocycles. The molecule has 0 bridgehead atoms. The SMILES string of the molecule is COC(=O)c1ccccc1Nc1c(Cl)cc(Cl)cc1C(=O)O. The van der Waals surface area contributed by atoms with Gasteiger partial charge in [-0.15, -0.1) is 0 Å². The van der Waals surface area contributed by atoms with Gasteiger partial charge in [-0.2, -0.15) is 0 Å². The van der Waals surface area contributed by atoms with E-state index in [0.29, 0.717) is 5.69 Å². The topological polar surface area (TPSA) is 75.6 Å². The van der Waals surface area contributed by atoms with E-state index >= 15 is 0 Å². The maximum absolute atomic E-state index is 11.7. The average Bonchev–Trinajstić information content (AvgIpc) is 2.49. The number of carbonyl (C=O) groups is 2. The van der Waals surface area contributed by atoms with E-state index in [1.165, 1.54) is 19.2 Å². The monoisotopic (exact) mass is 339 g/mol. The second-order valence-electron chi connectivity index (χ2n) is 4.28. The highest BCUT2D eigenvalue weighted by molar-refractivity contribution is 6.37. The Morgan fingerprint density at radius 2 is 1.82 bits per heavy atom. The van der Waals surface area contributed by atoms with E-state index in [2.05, 4.69) is 5.32 Å². The van der Waals surface area contributed by atoms with E-state index in [-0.39, 0.29) is 26.9 Å². The number of hydrogen-bond donors (Lipinski definition) is 2. The Morgan fingerprint density at radius 3 is 2.45 bits per heavy atom. The van der Waals surface area contributed by atoms with Gasteiger partial charge in [-0.25, -0.2) is 9.59 Å². The Hall–Kier alpha value is -2.24. The predicted molar refractivity (Wildman–Crippen MR) is 84.5 cm³/mol. The maximum atomic E-state index is 11.7. The van der Waals surface area contributed by atoms with E-state index in [0.717, 1.165) is 0 Å². The minimum absolute atomic E-state index is 0.0998. The van der Waals surface area contributed by atoms with Gasteiger partial charge in [0.15, 0.2) is 0 Å². The smallest absolute Gasteiger partial charge is 0.339 e. The first kappa shape index (κ1) is 16.1. The molecule has 2 aromatic carbocycles. The molecule has 0 radical (unpaired) electrons. The molecule has 0 saturated carbocycles. The fraction of sp³-hybridized carbons (Fsp3) is 0.0667. The highest BCUT2D eigenvalue weighted by atomic mass is 35.5. The molecular formula is C15H11Cl2NO4. The zero-order valence-electron chi connectivity index (χ0n) is 11.4. The predicted octanol–water partition coefficient (Wildman–Crippen LogP) is 4.22. The molecule has 7 heteroatoms. The van der Waals surface area contributed by atoms with Crippen molar-refractivity contribution in [1.82, 2.24) is 0 Å². The van der Waals surface area contributed by atoms with Crippen LogP contribution in [0.15, 0.2) is 36.4 Å². The number of methoxy groups -OCH3 is 1. The van der Waals surface area contributed by atoms with E-state index in [1.54, 1.807) is 24.3 Å². The van der Waals surface area contributed by atoms with Crippen LogP contribution in [-0.2, 0) is 4.74 Å². The molecule has 0 fully saturated rings. The van der Waals surface area contributed by atoms with Crippen LogP contribution >= 0.6 is 23.2 Å². The number of hydrogen-bond acceptors (Lipinski definition) is 4. The molecule has 0 aromatic heterocycles. The Kier molecular flexibility index (Phi) is 4.90. The largest absolute Gasteiger partial charge is 0.478 e. The number of anilines is 2. The molecule has 0 atom stereocenters. The molecule has 22 heavy (non-hydrogen) atoms. The number of rotatable bonds is 4. The van der Waals surface area contributed by atoms with Crippen molar-refractivity contribution in [2.75, 3.05) is 12.4 Å². The lowest BCUT2D eigenvalue weighted by molar-refractivity contribution is 0.0601. The summed E-state index contributed by atoms with van der Waals surface area (Å²) in [5.41, 5.74) is 0.681. The summed E-state index contributed by atoms with van der Waals surface area (Å²) in [6.07, 6.45) is 0. The van der Waals surface area contributed by atoms with Gasteiger partial charge in [0.1, 0.15) is 0 Å². The molecular weight excluding hydrogens is 329 g/mol. The standard InChI is InChI=1S/C15H11Cl2NO4/c1-22-15(21)9-4-2-3-5-12(9)18-13-10(14(19)20)6-8(16)7-11(13)17/h2-7,18H,1H3,(H,19,20). The van der Waals surface area contributed by atoms with Crippen molar-refractivity contribution in [2.45, 2.75) is 0 Å². The van der Waals surface area contributed by atoms with Gasteiger partial charge in [0.05, 0.1) is 34.6 Å². The summed E-state index contributed by atoms with van der Waals surface area (Å²) in [6, 6.07) is 9.22. The number of nitrogens with one attached hydrogen (secondary N) is 1. The molecule has 5 nitrogen and oxygen atoms in total. The van der Waals surface area contributed by atoms with Crippen LogP contribution in [0.5, 0.6) is 0 Å². The summed E-state index contributed by atoms with van der Waals surface area (Å²) in [5, 5.41) is 12.5. The van der Waals surface area contributed by atoms with Gasteiger partial charge in [-0.3, -0.25) is 0 Å². The molecule has 0 aliphatic heterocycles. The summed E-state index contributed by atoms with van der Waals surface area (Å²) in [6.45, 7) is 0. The number of carboxylic acids is 1. The highest BCUT2D eigenvalue weighted by Crippen LogP contribution is 2.33. The number of halogens is 2. The Morgan fingerprint density at radius 1 is 1.14 bits per heavy atom. The van der Waals surface area contributed by atoms with Crippen molar-refractivity contribution in [1.29, 1.82) is 0 Å². The van der Waals surface area contributed by atoms with Crippen molar-refractivity contribution in [2.24, 2.45) is 0 Å². The molecule has 0 amide bonds. The van der Waals surface area contributed by atoms with Crippen LogP contribution in [0.3, 0.4) is 0 Å². The summed E-state index contributed by atoms with van der Waals surface area (Å²) in [5.74, 6) is -1.74. The minimum atomic E-state index is -1.19. The molecule has 0 unspecified atom stereocenters. The second kappa shape index (κ2) is 6.68. The summed E-state index contributed by atoms with van der Waals surface area (Å²) in [7, 11) is 1.26. The van der Waals surface area contributed by atoms with E-state index < -0.39 is 11.9 Å². The Labute approximate surface area is 136 Å². The van der Waals surface area contributed by atoms with Gasteiger partial charge in [0.2, 0.25) is 0 Å². The van der Waals surface area contributed by atoms with Crippen LogP contribution in [0.25, 0.3) is 0 Å². The van der Waals surface area contributed by atoms with Crippen molar-refractivity contribution in [3.8, 4) is 0 Å². The quantitative estimate of drug-likeness (QED) is 0.815. The van der Waals surface area contributed by atoms with Crippen molar-refractivity contribution in [3.63, 3.8) is 0 Å². The zero-order chi connectivity index (χ0) is 16.3. The molecule has 2 rings (SSSR count). The highest BCUT2D eigenvalue weighted by Gasteiger charge is 2.18. The van der Waals surface area contributed by atoms with Gasteiger partial charge in [0, 0.05) is 5.02 Å². The number of carboxylic acid groups (broad SMARTS) is 1. The number of carbonyl (C=O) groups excluding carboxylic acids is 1. The lowest BCUT2D eigenvalue weighted by atomic mass is 10.1. The van der Waals surface area contributed by atoms with Crippen LogP contribution in [-0.4, -0.2) is 24.2 Å². The molecule has 0 spiro atoms. The van der Waals surface area contributed by atoms with Gasteiger partial charge in [-0.05, 0) is 24.3 Å². The van der Waals surface area contributed by atoms with Crippen LogP contribution in [0, 0.1) is 0 Å². The minimum Gasteiger partial charge on any atom is -0.478 e. The molecule has 0 aliphatic carbocycles. The number of benzene rings is 2. The fourth-order valence-corrected chi connectivity index (χ4v) is 2.42. The van der Waals surface area contributed by atoms with Crippen molar-refractivity contribution >= 4 is 46.5 Å². The Bertz CT molecular complexity index is 746. The van der Waals surface area contributed by atoms with Crippen LogP contribution < -0.4 is 5.32 Å². The maximum Gasteiger partial charge on any atom is 0.339 e. The van der Waals surface area contributed by atoms with Crippen molar-refractivity contribution < 1.29 is 19.4 Å². The van der Waals surface area contributed by atoms with E-state index in [1.807, 2.05) is 0 Å². The first-order valence-corrected chi connectivity index (χ1v) is 6.86. The number of esters is 1. The van der Waals surface area contributed by atoms with Gasteiger partial charge in [0.25, 0.3) is 0 Å². The summed E-state index contributed by atoms with van der Waals surface area (Å²) in [4.78, 5) is 23.1. The van der Waals surface area contributed by atoms with E-state index in [9.17, 15) is 14.7 Å². The van der Waals surface area contributed by atoms with Gasteiger partial charge in [-0.1, -0.05) is 35.3 Å². The van der Waals surface area contributed by atoms with E-state index in [4.69, 9.17) is 27.9 Å². The lowest BCUT2D eigenvalue weighted by Gasteiger charge is -2.14. The third-order valence-electron chi connectivity index (χ3n) is 2.88. The number of para-hydroxylation sites is 1. The van der Waals surface area contributed by atoms with Crippen molar-refractivity contribution in [3.05, 3.63) is 57.6 Å². The molecule has 2 N–H and O–H groups in total. The van der Waals surface area contributed by atoms with Crippen LogP contribution in [0.4, 0.5) is 11.4 Å². The first-order chi connectivity index (χ1) is 10.4. The third-order valence-corrected chi connectivity index (χ3v) is 3.39. The van der Waals surface area contributed by atoms with Crippen LogP contribution in [0.1, 0.15) is 20.7 Å². The zero-order valence-corrected chi connectivity index (χ0v) is 12.9. The number of ether oxygens (including phenoxy) is 1. The second-order valence-corrected chi connectivity index (χ2v) is 5.12.